The molecule has 0 rings (SSSR count). The van der Waals surface area contributed by atoms with Gasteiger partial charge in [0.15, 0.2) is 6.10 Å². The van der Waals surface area contributed by atoms with Gasteiger partial charge in [-0.1, -0.05) is 150 Å². The number of hydrogen-bond donors (Lipinski definition) is 3. The average Bonchev–Trinajstić information content (AvgIpc) is 3.20. The molecule has 0 aliphatic heterocycles. The Bertz CT molecular complexity index is 1350. The molecule has 0 aliphatic carbocycles. The Morgan fingerprint density at radius 1 is 0.569 bits per heavy atom. The van der Waals surface area contributed by atoms with E-state index in [1.165, 1.54) is 25.7 Å². The first-order valence-electron chi connectivity index (χ1n) is 21.3. The Kier molecular flexibility index (Phi) is 37.7. The first kappa shape index (κ1) is 54.4. The van der Waals surface area contributed by atoms with Crippen molar-refractivity contribution in [3.8, 4) is 0 Å². The van der Waals surface area contributed by atoms with E-state index in [-0.39, 0.29) is 19.4 Å². The van der Waals surface area contributed by atoms with Gasteiger partial charge in [0.1, 0.15) is 12.6 Å². The number of unbranched alkanes of at least 4 members (excludes halogenated alkanes) is 11. The van der Waals surface area contributed by atoms with E-state index in [1.807, 2.05) is 36.5 Å². The lowest BCUT2D eigenvalue weighted by atomic mass is 10.1. The Morgan fingerprint density at radius 3 is 1.62 bits per heavy atom. The molecule has 0 saturated heterocycles. The zero-order valence-electron chi connectivity index (χ0n) is 35.3. The van der Waals surface area contributed by atoms with Gasteiger partial charge in [0.25, 0.3) is 0 Å². The number of carbonyl (C=O) groups is 3. The quantitative estimate of drug-likeness (QED) is 0.0178. The summed E-state index contributed by atoms with van der Waals surface area (Å²) in [7, 11) is -4.74. The van der Waals surface area contributed by atoms with Crippen molar-refractivity contribution in [2.75, 3.05) is 19.8 Å². The van der Waals surface area contributed by atoms with E-state index < -0.39 is 51.1 Å². The van der Waals surface area contributed by atoms with E-state index in [0.717, 1.165) is 77.0 Å². The predicted octanol–water partition coefficient (Wildman–Crippen LogP) is 11.3. The largest absolute Gasteiger partial charge is 0.480 e. The summed E-state index contributed by atoms with van der Waals surface area (Å²) >= 11 is 0. The highest BCUT2D eigenvalue weighted by molar-refractivity contribution is 7.47. The third kappa shape index (κ3) is 39.2. The van der Waals surface area contributed by atoms with E-state index in [4.69, 9.17) is 24.8 Å². The minimum absolute atomic E-state index is 0.121. The Labute approximate surface area is 349 Å². The maximum Gasteiger partial charge on any atom is 0.472 e. The molecule has 12 heteroatoms. The third-order valence-corrected chi connectivity index (χ3v) is 9.36. The summed E-state index contributed by atoms with van der Waals surface area (Å²) < 4.78 is 32.6. The van der Waals surface area contributed by atoms with Gasteiger partial charge in [0.2, 0.25) is 0 Å². The number of allylic oxidation sites excluding steroid dienone is 16. The minimum atomic E-state index is -4.74. The lowest BCUT2D eigenvalue weighted by Gasteiger charge is -2.20. The first-order chi connectivity index (χ1) is 28.1. The highest BCUT2D eigenvalue weighted by Crippen LogP contribution is 2.43. The second kappa shape index (κ2) is 40.2. The maximum atomic E-state index is 12.6. The van der Waals surface area contributed by atoms with Crippen molar-refractivity contribution >= 4 is 25.7 Å². The fraction of sp³-hybridized carbons (Fsp3) is 0.587. The Balaban J connectivity index is 4.49. The van der Waals surface area contributed by atoms with Gasteiger partial charge < -0.3 is 25.2 Å². The van der Waals surface area contributed by atoms with Crippen LogP contribution in [0.2, 0.25) is 0 Å². The highest BCUT2D eigenvalue weighted by Gasteiger charge is 2.28. The summed E-state index contributed by atoms with van der Waals surface area (Å²) in [5.74, 6) is -2.47. The molecule has 0 aromatic rings. The summed E-state index contributed by atoms with van der Waals surface area (Å²) in [6.07, 6.45) is 50.4. The number of carboxylic acid groups (broad SMARTS) is 1. The molecule has 0 amide bonds. The molecule has 1 unspecified atom stereocenters. The first-order valence-corrected chi connectivity index (χ1v) is 22.8. The van der Waals surface area contributed by atoms with Crippen molar-refractivity contribution in [3.05, 3.63) is 97.2 Å². The van der Waals surface area contributed by atoms with Crippen LogP contribution in [0.25, 0.3) is 0 Å². The molecule has 0 bridgehead atoms. The number of carboxylic acids is 1. The second-order valence-electron chi connectivity index (χ2n) is 13.8. The van der Waals surface area contributed by atoms with Crippen molar-refractivity contribution in [2.24, 2.45) is 5.73 Å². The number of aliphatic carboxylic acids is 1. The van der Waals surface area contributed by atoms with E-state index in [9.17, 15) is 23.8 Å². The molecular formula is C46H74NO10P. The molecule has 0 spiro atoms. The number of phosphoric ester groups is 1. The molecular weight excluding hydrogens is 757 g/mol. The minimum Gasteiger partial charge on any atom is -0.480 e. The molecule has 0 aliphatic rings. The topological polar surface area (TPSA) is 172 Å². The van der Waals surface area contributed by atoms with Crippen LogP contribution in [-0.4, -0.2) is 59.9 Å². The van der Waals surface area contributed by atoms with Crippen LogP contribution in [0.4, 0.5) is 0 Å². The number of esters is 2. The normalized spacial score (nSPS) is 14.7. The van der Waals surface area contributed by atoms with Crippen molar-refractivity contribution in [2.45, 2.75) is 154 Å². The number of phosphoric acid groups is 1. The molecule has 0 fully saturated rings. The van der Waals surface area contributed by atoms with Gasteiger partial charge in [-0.2, -0.15) is 0 Å². The maximum absolute atomic E-state index is 12.6. The Hall–Kier alpha value is -3.60. The third-order valence-electron chi connectivity index (χ3n) is 8.41. The van der Waals surface area contributed by atoms with Crippen LogP contribution in [-0.2, 0) is 37.5 Å². The van der Waals surface area contributed by atoms with Crippen molar-refractivity contribution < 1.29 is 47.5 Å². The number of rotatable bonds is 38. The molecule has 0 heterocycles. The predicted molar refractivity (Wildman–Crippen MR) is 235 cm³/mol. The summed E-state index contributed by atoms with van der Waals surface area (Å²) in [5, 5.41) is 8.88. The zero-order chi connectivity index (χ0) is 42.8. The molecule has 4 N–H and O–H groups in total. The molecule has 0 saturated carbocycles. The van der Waals surface area contributed by atoms with Gasteiger partial charge >= 0.3 is 25.7 Å². The van der Waals surface area contributed by atoms with E-state index >= 15 is 0 Å². The van der Waals surface area contributed by atoms with Crippen LogP contribution in [0.5, 0.6) is 0 Å². The van der Waals surface area contributed by atoms with E-state index in [1.54, 1.807) is 0 Å². The Morgan fingerprint density at radius 2 is 1.03 bits per heavy atom. The molecule has 328 valence electrons. The van der Waals surface area contributed by atoms with Crippen LogP contribution >= 0.6 is 7.82 Å². The molecule has 0 radical (unpaired) electrons. The number of hydrogen-bond acceptors (Lipinski definition) is 9. The monoisotopic (exact) mass is 832 g/mol. The number of carbonyl (C=O) groups excluding carboxylic acids is 2. The number of ether oxygens (including phenoxy) is 2. The smallest absolute Gasteiger partial charge is 0.472 e. The van der Waals surface area contributed by atoms with E-state index in [2.05, 4.69) is 79.1 Å². The van der Waals surface area contributed by atoms with Gasteiger partial charge in [-0.25, -0.2) is 4.57 Å². The summed E-state index contributed by atoms with van der Waals surface area (Å²) in [4.78, 5) is 45.9. The summed E-state index contributed by atoms with van der Waals surface area (Å²) in [6, 6.07) is -1.54. The highest BCUT2D eigenvalue weighted by atomic mass is 31.2. The lowest BCUT2D eigenvalue weighted by molar-refractivity contribution is -0.161. The molecule has 3 atom stereocenters. The SMILES string of the molecule is CC/C=C/C=C/C=C/C=C/CCCCCCCC(=O)O[C@H](COC(=O)CCCCC/C=C/C/C=C/C/C=C/C/C=C/CCCCC)COP(=O)(O)OC[C@H](N)C(=O)O. The van der Waals surface area contributed by atoms with Crippen LogP contribution < -0.4 is 5.73 Å². The number of nitrogens with two attached hydrogens (primary N) is 1. The zero-order valence-corrected chi connectivity index (χ0v) is 36.2. The van der Waals surface area contributed by atoms with Crippen LogP contribution in [0, 0.1) is 0 Å². The van der Waals surface area contributed by atoms with Gasteiger partial charge in [-0.05, 0) is 77.0 Å². The van der Waals surface area contributed by atoms with Gasteiger partial charge in [0.05, 0.1) is 13.2 Å². The lowest BCUT2D eigenvalue weighted by Crippen LogP contribution is -2.34. The molecule has 58 heavy (non-hydrogen) atoms. The van der Waals surface area contributed by atoms with Crippen molar-refractivity contribution in [1.29, 1.82) is 0 Å². The fourth-order valence-corrected chi connectivity index (χ4v) is 5.83. The van der Waals surface area contributed by atoms with Crippen LogP contribution in [0.3, 0.4) is 0 Å². The molecule has 11 nitrogen and oxygen atoms in total. The van der Waals surface area contributed by atoms with Gasteiger partial charge in [-0.3, -0.25) is 23.4 Å². The van der Waals surface area contributed by atoms with Crippen LogP contribution in [0.15, 0.2) is 97.2 Å². The van der Waals surface area contributed by atoms with Crippen molar-refractivity contribution in [1.82, 2.24) is 0 Å². The van der Waals surface area contributed by atoms with Crippen LogP contribution in [0.1, 0.15) is 142 Å². The van der Waals surface area contributed by atoms with Crippen molar-refractivity contribution in [3.63, 3.8) is 0 Å². The molecule has 0 aromatic carbocycles. The van der Waals surface area contributed by atoms with Gasteiger partial charge in [0, 0.05) is 12.8 Å². The standard InChI is InChI=1S/C46H74NO10P/c1-3-5-7-9-11-13-15-17-19-20-21-22-24-25-27-29-31-33-35-37-44(48)54-39-42(40-55-58(52,53)56-41-43(47)46(50)51)57-45(49)38-36-34-32-30-28-26-23-18-16-14-12-10-8-6-4-2/h6,8,10-14,16-19,21-23,25,27,42-43H,3-5,7,9,15,20,24,26,28-41,47H2,1-2H3,(H,50,51)(H,52,53)/b8-6+,12-10+,13-11+,16-14+,19-17+,22-21+,23-18+,27-25+/t42-,43+/m1/s1. The second-order valence-corrected chi connectivity index (χ2v) is 15.3. The fourth-order valence-electron chi connectivity index (χ4n) is 5.06. The van der Waals surface area contributed by atoms with E-state index in [0.29, 0.717) is 12.8 Å². The van der Waals surface area contributed by atoms with Gasteiger partial charge in [-0.15, -0.1) is 0 Å². The molecule has 0 aromatic heterocycles. The summed E-state index contributed by atoms with van der Waals surface area (Å²) in [5.41, 5.74) is 5.33. The summed E-state index contributed by atoms with van der Waals surface area (Å²) in [6.45, 7) is 2.55. The average molecular weight is 832 g/mol.